The molecule has 0 radical (unpaired) electrons. The predicted molar refractivity (Wildman–Crippen MR) is 98.2 cm³/mol. The molecule has 1 N–H and O–H groups in total. The number of halogens is 1. The number of carbonyl (C=O) groups is 1. The summed E-state index contributed by atoms with van der Waals surface area (Å²) < 4.78 is 19.1. The maximum absolute atomic E-state index is 13.2. The zero-order valence-corrected chi connectivity index (χ0v) is 14.6. The highest BCUT2D eigenvalue weighted by Gasteiger charge is 2.37. The van der Waals surface area contributed by atoms with Crippen molar-refractivity contribution in [3.63, 3.8) is 0 Å². The first-order chi connectivity index (χ1) is 12.7. The van der Waals surface area contributed by atoms with Gasteiger partial charge in [0, 0.05) is 12.2 Å². The Morgan fingerprint density at radius 2 is 1.77 bits per heavy atom. The third kappa shape index (κ3) is 3.73. The summed E-state index contributed by atoms with van der Waals surface area (Å²) in [7, 11) is 0. The number of fused-ring (bicyclic) bond motifs is 3. The number of hydrogen-bond acceptors (Lipinski definition) is 4. The second-order valence-electron chi connectivity index (χ2n) is 7.11. The summed E-state index contributed by atoms with van der Waals surface area (Å²) in [5.74, 6) is -0.118. The molecular formula is C21H23FN2O2. The Morgan fingerprint density at radius 3 is 2.38 bits per heavy atom. The summed E-state index contributed by atoms with van der Waals surface area (Å²) in [5, 5.41) is 3.20. The van der Waals surface area contributed by atoms with Crippen molar-refractivity contribution in [2.45, 2.75) is 25.0 Å². The van der Waals surface area contributed by atoms with Crippen LogP contribution in [0.2, 0.25) is 0 Å². The molecule has 3 aliphatic heterocycles. The second-order valence-corrected chi connectivity index (χ2v) is 7.11. The molecule has 0 unspecified atom stereocenters. The zero-order valence-electron chi connectivity index (χ0n) is 14.6. The number of nitrogens with one attached hydrogen (secondary N) is 1. The molecule has 2 atom stereocenters. The first-order valence-corrected chi connectivity index (χ1v) is 9.19. The van der Waals surface area contributed by atoms with Gasteiger partial charge in [0.25, 0.3) is 0 Å². The van der Waals surface area contributed by atoms with E-state index in [1.807, 2.05) is 30.3 Å². The van der Waals surface area contributed by atoms with E-state index in [0.29, 0.717) is 11.6 Å². The van der Waals surface area contributed by atoms with Crippen molar-refractivity contribution in [3.05, 3.63) is 66.0 Å². The van der Waals surface area contributed by atoms with E-state index >= 15 is 0 Å². The number of ether oxygens (including phenoxy) is 1. The van der Waals surface area contributed by atoms with E-state index in [-0.39, 0.29) is 17.9 Å². The molecule has 5 heteroatoms. The standard InChI is InChI=1S/C21H23FN2O2/c22-17-6-8-18(9-7-17)23-20(16-4-2-1-3-5-16)21(25)26-19-14-24-12-10-15(19)11-13-24/h1-9,15,19-20,23H,10-14H2/t19-,20-/m0/s1. The van der Waals surface area contributed by atoms with Gasteiger partial charge >= 0.3 is 5.97 Å². The summed E-state index contributed by atoms with van der Waals surface area (Å²) in [6.07, 6.45) is 2.16. The number of carbonyl (C=O) groups excluding carboxylic acids is 1. The van der Waals surface area contributed by atoms with Gasteiger partial charge in [0.15, 0.2) is 6.04 Å². The lowest BCUT2D eigenvalue weighted by Gasteiger charge is -2.44. The van der Waals surface area contributed by atoms with Crippen LogP contribution in [0.3, 0.4) is 0 Å². The fraction of sp³-hybridized carbons (Fsp3) is 0.381. The average Bonchev–Trinajstić information content (AvgIpc) is 2.69. The Bertz CT molecular complexity index is 742. The third-order valence-electron chi connectivity index (χ3n) is 5.39. The summed E-state index contributed by atoms with van der Waals surface area (Å²) in [5.41, 5.74) is 1.52. The Labute approximate surface area is 153 Å². The van der Waals surface area contributed by atoms with Gasteiger partial charge in [-0.25, -0.2) is 9.18 Å². The van der Waals surface area contributed by atoms with Gasteiger partial charge in [0.1, 0.15) is 11.9 Å². The monoisotopic (exact) mass is 354 g/mol. The van der Waals surface area contributed by atoms with E-state index in [9.17, 15) is 9.18 Å². The van der Waals surface area contributed by atoms with Crippen molar-refractivity contribution >= 4 is 11.7 Å². The molecule has 26 heavy (non-hydrogen) atoms. The number of hydrogen-bond donors (Lipinski definition) is 1. The number of piperidine rings is 3. The average molecular weight is 354 g/mol. The van der Waals surface area contributed by atoms with Gasteiger partial charge in [-0.1, -0.05) is 30.3 Å². The van der Waals surface area contributed by atoms with Gasteiger partial charge in [0.05, 0.1) is 0 Å². The molecular weight excluding hydrogens is 331 g/mol. The maximum Gasteiger partial charge on any atom is 0.333 e. The Kier molecular flexibility index (Phi) is 4.89. The van der Waals surface area contributed by atoms with E-state index < -0.39 is 6.04 Å². The number of rotatable bonds is 5. The van der Waals surface area contributed by atoms with Crippen LogP contribution in [0, 0.1) is 11.7 Å². The van der Waals surface area contributed by atoms with Crippen molar-refractivity contribution in [3.8, 4) is 0 Å². The molecule has 3 aliphatic rings. The van der Waals surface area contributed by atoms with Gasteiger partial charge in [-0.05, 0) is 61.7 Å². The Morgan fingerprint density at radius 1 is 1.08 bits per heavy atom. The Hall–Kier alpha value is -2.40. The SMILES string of the molecule is O=C(O[C@H]1CN2CCC1CC2)[C@@H](Nc1ccc(F)cc1)c1ccccc1. The quantitative estimate of drug-likeness (QED) is 0.833. The molecule has 0 spiro atoms. The number of esters is 1. The van der Waals surface area contributed by atoms with E-state index in [1.165, 1.54) is 12.1 Å². The molecule has 0 aliphatic carbocycles. The molecule has 3 heterocycles. The minimum atomic E-state index is -0.614. The van der Waals surface area contributed by atoms with E-state index in [1.54, 1.807) is 12.1 Å². The highest BCUT2D eigenvalue weighted by molar-refractivity contribution is 5.81. The molecule has 2 aromatic rings. The van der Waals surface area contributed by atoms with Crippen LogP contribution in [-0.4, -0.2) is 36.6 Å². The smallest absolute Gasteiger partial charge is 0.333 e. The maximum atomic E-state index is 13.2. The highest BCUT2D eigenvalue weighted by Crippen LogP contribution is 2.31. The van der Waals surface area contributed by atoms with Crippen LogP contribution < -0.4 is 5.32 Å². The van der Waals surface area contributed by atoms with Crippen molar-refractivity contribution in [2.75, 3.05) is 25.0 Å². The van der Waals surface area contributed by atoms with Gasteiger partial charge in [0.2, 0.25) is 0 Å². The normalized spacial score (nSPS) is 25.5. The number of anilines is 1. The van der Waals surface area contributed by atoms with Crippen LogP contribution in [-0.2, 0) is 9.53 Å². The lowest BCUT2D eigenvalue weighted by Crippen LogP contribution is -2.52. The molecule has 136 valence electrons. The van der Waals surface area contributed by atoms with Crippen LogP contribution in [0.5, 0.6) is 0 Å². The topological polar surface area (TPSA) is 41.6 Å². The predicted octanol–water partition coefficient (Wildman–Crippen LogP) is 3.62. The van der Waals surface area contributed by atoms with Crippen molar-refractivity contribution in [1.82, 2.24) is 4.90 Å². The highest BCUT2D eigenvalue weighted by atomic mass is 19.1. The molecule has 3 fully saturated rings. The molecule has 0 aromatic heterocycles. The van der Waals surface area contributed by atoms with Gasteiger partial charge in [-0.3, -0.25) is 4.90 Å². The fourth-order valence-corrected chi connectivity index (χ4v) is 3.90. The third-order valence-corrected chi connectivity index (χ3v) is 5.39. The molecule has 3 saturated heterocycles. The van der Waals surface area contributed by atoms with E-state index in [0.717, 1.165) is 38.0 Å². The summed E-state index contributed by atoms with van der Waals surface area (Å²) in [4.78, 5) is 15.3. The first-order valence-electron chi connectivity index (χ1n) is 9.19. The van der Waals surface area contributed by atoms with Crippen LogP contribution in [0.4, 0.5) is 10.1 Å². The van der Waals surface area contributed by atoms with Gasteiger partial charge in [-0.2, -0.15) is 0 Å². The molecule has 2 aromatic carbocycles. The number of nitrogens with zero attached hydrogens (tertiary/aromatic N) is 1. The summed E-state index contributed by atoms with van der Waals surface area (Å²) in [6.45, 7) is 3.04. The molecule has 0 saturated carbocycles. The van der Waals surface area contributed by atoms with Gasteiger partial charge < -0.3 is 10.1 Å². The minimum absolute atomic E-state index is 0.0359. The van der Waals surface area contributed by atoms with Crippen LogP contribution in [0.1, 0.15) is 24.4 Å². The van der Waals surface area contributed by atoms with Gasteiger partial charge in [-0.15, -0.1) is 0 Å². The van der Waals surface area contributed by atoms with Crippen molar-refractivity contribution in [1.29, 1.82) is 0 Å². The molecule has 2 bridgehead atoms. The largest absolute Gasteiger partial charge is 0.459 e. The minimum Gasteiger partial charge on any atom is -0.459 e. The van der Waals surface area contributed by atoms with Crippen molar-refractivity contribution in [2.24, 2.45) is 5.92 Å². The first kappa shape index (κ1) is 17.0. The van der Waals surface area contributed by atoms with E-state index in [4.69, 9.17) is 4.74 Å². The summed E-state index contributed by atoms with van der Waals surface area (Å²) >= 11 is 0. The van der Waals surface area contributed by atoms with Crippen LogP contribution >= 0.6 is 0 Å². The number of benzene rings is 2. The molecule has 4 nitrogen and oxygen atoms in total. The second kappa shape index (κ2) is 7.46. The lowest BCUT2D eigenvalue weighted by atomic mass is 9.86. The fourth-order valence-electron chi connectivity index (χ4n) is 3.90. The lowest BCUT2D eigenvalue weighted by molar-refractivity contribution is -0.159. The van der Waals surface area contributed by atoms with Crippen LogP contribution in [0.15, 0.2) is 54.6 Å². The molecule has 0 amide bonds. The van der Waals surface area contributed by atoms with E-state index in [2.05, 4.69) is 10.2 Å². The van der Waals surface area contributed by atoms with Crippen molar-refractivity contribution < 1.29 is 13.9 Å². The van der Waals surface area contributed by atoms with Crippen LogP contribution in [0.25, 0.3) is 0 Å². The summed E-state index contributed by atoms with van der Waals surface area (Å²) in [6, 6.07) is 14.9. The molecule has 5 rings (SSSR count). The Balaban J connectivity index is 1.52. The zero-order chi connectivity index (χ0) is 17.9.